The van der Waals surface area contributed by atoms with E-state index in [0.29, 0.717) is 6.61 Å². The number of nitrogens with one attached hydrogen (secondary N) is 1. The molecule has 1 aromatic carbocycles. The van der Waals surface area contributed by atoms with Gasteiger partial charge in [0.25, 0.3) is 0 Å². The van der Waals surface area contributed by atoms with E-state index < -0.39 is 6.04 Å². The lowest BCUT2D eigenvalue weighted by Crippen LogP contribution is -2.34. The number of carbonyl (C=O) groups excluding carboxylic acids is 1. The topological polar surface area (TPSA) is 51.2 Å². The molecule has 106 valence electrons. The molecular weight excluding hydrogens is 252 g/mol. The van der Waals surface area contributed by atoms with Crippen LogP contribution in [0.1, 0.15) is 32.4 Å². The molecule has 0 saturated carbocycles. The number of ether oxygens (including phenoxy) is 1. The Morgan fingerprint density at radius 2 is 2.15 bits per heavy atom. The maximum atomic E-state index is 12.1. The molecule has 0 bridgehead atoms. The standard InChI is InChI=1S/C16H20N2O2/c1-4-20-16(19)15(18-11(2)3)13-7-8-14-12(10-13)6-5-9-17-14/h5-11,15,18H,4H2,1-3H3. The van der Waals surface area contributed by atoms with Gasteiger partial charge in [0, 0.05) is 17.6 Å². The summed E-state index contributed by atoms with van der Waals surface area (Å²) >= 11 is 0. The molecule has 4 heteroatoms. The number of aromatic nitrogens is 1. The average Bonchev–Trinajstić information content (AvgIpc) is 2.44. The summed E-state index contributed by atoms with van der Waals surface area (Å²) in [7, 11) is 0. The van der Waals surface area contributed by atoms with Crippen molar-refractivity contribution in [3.8, 4) is 0 Å². The van der Waals surface area contributed by atoms with Gasteiger partial charge in [-0.2, -0.15) is 0 Å². The Morgan fingerprint density at radius 1 is 1.35 bits per heavy atom. The van der Waals surface area contributed by atoms with Crippen LogP contribution in [0.3, 0.4) is 0 Å². The molecule has 4 nitrogen and oxygen atoms in total. The summed E-state index contributed by atoms with van der Waals surface area (Å²) in [5.41, 5.74) is 1.82. The molecule has 0 aliphatic rings. The second kappa shape index (κ2) is 6.48. The smallest absolute Gasteiger partial charge is 0.327 e. The van der Waals surface area contributed by atoms with Gasteiger partial charge in [-0.15, -0.1) is 0 Å². The molecule has 0 saturated heterocycles. The highest BCUT2D eigenvalue weighted by molar-refractivity contribution is 5.83. The van der Waals surface area contributed by atoms with E-state index >= 15 is 0 Å². The van der Waals surface area contributed by atoms with Crippen molar-refractivity contribution in [3.63, 3.8) is 0 Å². The van der Waals surface area contributed by atoms with Gasteiger partial charge in [-0.1, -0.05) is 12.1 Å². The van der Waals surface area contributed by atoms with Crippen LogP contribution in [0.15, 0.2) is 36.5 Å². The second-order valence-corrected chi connectivity index (χ2v) is 4.96. The molecule has 1 atom stereocenters. The van der Waals surface area contributed by atoms with Gasteiger partial charge in [0.2, 0.25) is 0 Å². The number of esters is 1. The minimum atomic E-state index is -0.445. The summed E-state index contributed by atoms with van der Waals surface area (Å²) in [6, 6.07) is 9.46. The average molecular weight is 272 g/mol. The minimum absolute atomic E-state index is 0.189. The molecule has 2 aromatic rings. The highest BCUT2D eigenvalue weighted by Gasteiger charge is 2.22. The molecule has 0 fully saturated rings. The van der Waals surface area contributed by atoms with Crippen LogP contribution < -0.4 is 5.32 Å². The zero-order valence-corrected chi connectivity index (χ0v) is 12.1. The molecule has 1 aromatic heterocycles. The van der Waals surface area contributed by atoms with Crippen LogP contribution >= 0.6 is 0 Å². The predicted molar refractivity (Wildman–Crippen MR) is 79.4 cm³/mol. The first kappa shape index (κ1) is 14.5. The van der Waals surface area contributed by atoms with Gasteiger partial charge >= 0.3 is 5.97 Å². The van der Waals surface area contributed by atoms with E-state index in [1.54, 1.807) is 6.20 Å². The molecule has 0 aliphatic carbocycles. The summed E-state index contributed by atoms with van der Waals surface area (Å²) in [6.45, 7) is 6.21. The first-order valence-electron chi connectivity index (χ1n) is 6.89. The van der Waals surface area contributed by atoms with Crippen LogP contribution in [0.4, 0.5) is 0 Å². The first-order valence-corrected chi connectivity index (χ1v) is 6.89. The van der Waals surface area contributed by atoms with E-state index in [2.05, 4.69) is 10.3 Å². The third kappa shape index (κ3) is 3.33. The number of nitrogens with zero attached hydrogens (tertiary/aromatic N) is 1. The summed E-state index contributed by atoms with van der Waals surface area (Å²) < 4.78 is 5.15. The van der Waals surface area contributed by atoms with Gasteiger partial charge in [0.15, 0.2) is 0 Å². The summed E-state index contributed by atoms with van der Waals surface area (Å²) in [4.78, 5) is 16.4. The van der Waals surface area contributed by atoms with Gasteiger partial charge < -0.3 is 4.74 Å². The molecular formula is C16H20N2O2. The number of carbonyl (C=O) groups is 1. The van der Waals surface area contributed by atoms with E-state index in [1.165, 1.54) is 0 Å². The zero-order valence-electron chi connectivity index (χ0n) is 12.1. The Hall–Kier alpha value is -1.94. The number of rotatable bonds is 5. The Balaban J connectivity index is 2.36. The number of fused-ring (bicyclic) bond motifs is 1. The molecule has 1 heterocycles. The van der Waals surface area contributed by atoms with E-state index in [4.69, 9.17) is 4.74 Å². The van der Waals surface area contributed by atoms with Crippen LogP contribution in [0.25, 0.3) is 10.9 Å². The van der Waals surface area contributed by atoms with Crippen molar-refractivity contribution in [2.75, 3.05) is 6.61 Å². The Bertz CT molecular complexity index is 596. The number of hydrogen-bond donors (Lipinski definition) is 1. The Labute approximate surface area is 119 Å². The summed E-state index contributed by atoms with van der Waals surface area (Å²) in [5, 5.41) is 4.27. The molecule has 1 unspecified atom stereocenters. The summed E-state index contributed by atoms with van der Waals surface area (Å²) in [6.07, 6.45) is 1.76. The van der Waals surface area contributed by atoms with Crippen LogP contribution in [0.2, 0.25) is 0 Å². The number of hydrogen-bond acceptors (Lipinski definition) is 4. The van der Waals surface area contributed by atoms with Crippen LogP contribution in [-0.4, -0.2) is 23.6 Å². The maximum Gasteiger partial charge on any atom is 0.327 e. The zero-order chi connectivity index (χ0) is 14.5. The molecule has 1 N–H and O–H groups in total. The van der Waals surface area contributed by atoms with Gasteiger partial charge in [-0.05, 0) is 44.5 Å². The normalized spacial score (nSPS) is 12.6. The Morgan fingerprint density at radius 3 is 2.85 bits per heavy atom. The fourth-order valence-electron chi connectivity index (χ4n) is 2.13. The van der Waals surface area contributed by atoms with Crippen molar-refractivity contribution in [2.45, 2.75) is 32.9 Å². The highest BCUT2D eigenvalue weighted by atomic mass is 16.5. The highest BCUT2D eigenvalue weighted by Crippen LogP contribution is 2.20. The molecule has 0 amide bonds. The lowest BCUT2D eigenvalue weighted by atomic mass is 10.0. The minimum Gasteiger partial charge on any atom is -0.465 e. The van der Waals surface area contributed by atoms with Gasteiger partial charge in [0.05, 0.1) is 12.1 Å². The van der Waals surface area contributed by atoms with Gasteiger partial charge in [-0.25, -0.2) is 4.79 Å². The number of pyridine rings is 1. The molecule has 0 spiro atoms. The third-order valence-electron chi connectivity index (χ3n) is 2.98. The first-order chi connectivity index (χ1) is 9.61. The monoisotopic (exact) mass is 272 g/mol. The fraction of sp³-hybridized carbons (Fsp3) is 0.375. The predicted octanol–water partition coefficient (Wildman–Crippen LogP) is 2.84. The third-order valence-corrected chi connectivity index (χ3v) is 2.98. The number of benzene rings is 1. The molecule has 0 aliphatic heterocycles. The van der Waals surface area contributed by atoms with Crippen LogP contribution in [-0.2, 0) is 9.53 Å². The van der Waals surface area contributed by atoms with Gasteiger partial charge in [-0.3, -0.25) is 10.3 Å². The Kier molecular flexibility index (Phi) is 4.69. The molecule has 20 heavy (non-hydrogen) atoms. The van der Waals surface area contributed by atoms with Crippen molar-refractivity contribution in [3.05, 3.63) is 42.1 Å². The SMILES string of the molecule is CCOC(=O)C(NC(C)C)c1ccc2ncccc2c1. The quantitative estimate of drug-likeness (QED) is 0.850. The largest absolute Gasteiger partial charge is 0.465 e. The second-order valence-electron chi connectivity index (χ2n) is 4.96. The van der Waals surface area contributed by atoms with E-state index in [9.17, 15) is 4.79 Å². The van der Waals surface area contributed by atoms with E-state index in [-0.39, 0.29) is 12.0 Å². The van der Waals surface area contributed by atoms with Crippen molar-refractivity contribution in [1.82, 2.24) is 10.3 Å². The van der Waals surface area contributed by atoms with Crippen molar-refractivity contribution in [2.24, 2.45) is 0 Å². The van der Waals surface area contributed by atoms with Crippen LogP contribution in [0.5, 0.6) is 0 Å². The fourth-order valence-corrected chi connectivity index (χ4v) is 2.13. The molecule has 2 rings (SSSR count). The van der Waals surface area contributed by atoms with Crippen LogP contribution in [0, 0.1) is 0 Å². The van der Waals surface area contributed by atoms with Crippen molar-refractivity contribution in [1.29, 1.82) is 0 Å². The van der Waals surface area contributed by atoms with Crippen molar-refractivity contribution < 1.29 is 9.53 Å². The van der Waals surface area contributed by atoms with E-state index in [0.717, 1.165) is 16.5 Å². The maximum absolute atomic E-state index is 12.1. The lowest BCUT2D eigenvalue weighted by molar-refractivity contribution is -0.146. The summed E-state index contributed by atoms with van der Waals surface area (Å²) in [5.74, 6) is -0.246. The van der Waals surface area contributed by atoms with Gasteiger partial charge in [0.1, 0.15) is 6.04 Å². The lowest BCUT2D eigenvalue weighted by Gasteiger charge is -2.20. The van der Waals surface area contributed by atoms with Crippen molar-refractivity contribution >= 4 is 16.9 Å². The van der Waals surface area contributed by atoms with E-state index in [1.807, 2.05) is 51.1 Å². The molecule has 0 radical (unpaired) electrons.